The summed E-state index contributed by atoms with van der Waals surface area (Å²) in [5.41, 5.74) is 3.27. The lowest BCUT2D eigenvalue weighted by molar-refractivity contribution is 0.102. The number of aryl methyl sites for hydroxylation is 2. The molecule has 0 spiro atoms. The molecule has 0 aliphatic heterocycles. The Bertz CT molecular complexity index is 1230. The van der Waals surface area contributed by atoms with Gasteiger partial charge >= 0.3 is 0 Å². The molecule has 0 bridgehead atoms. The van der Waals surface area contributed by atoms with Gasteiger partial charge in [-0.1, -0.05) is 23.7 Å². The van der Waals surface area contributed by atoms with Crippen LogP contribution in [0.4, 0.5) is 5.69 Å². The second kappa shape index (κ2) is 8.61. The number of rotatable bonds is 6. The topological polar surface area (TPSA) is 95.1 Å². The second-order valence-corrected chi connectivity index (χ2v) is 7.20. The first-order valence-electron chi connectivity index (χ1n) is 9.63. The number of carbonyl (C=O) groups is 1. The first kappa shape index (κ1) is 20.6. The smallest absolute Gasteiger partial charge is 0.259 e. The summed E-state index contributed by atoms with van der Waals surface area (Å²) < 4.78 is 11.9. The van der Waals surface area contributed by atoms with Gasteiger partial charge in [-0.25, -0.2) is 4.68 Å². The van der Waals surface area contributed by atoms with E-state index in [0.29, 0.717) is 45.9 Å². The first-order chi connectivity index (χ1) is 15.0. The number of nitrogens with zero attached hydrogens (tertiary/aromatic N) is 4. The minimum atomic E-state index is -0.277. The zero-order valence-corrected chi connectivity index (χ0v) is 18.0. The summed E-state index contributed by atoms with van der Waals surface area (Å²) in [6.45, 7) is 3.74. The minimum absolute atomic E-state index is 0.277. The van der Waals surface area contributed by atoms with Crippen LogP contribution in [0.2, 0.25) is 5.02 Å². The normalized spacial score (nSPS) is 10.8. The fourth-order valence-corrected chi connectivity index (χ4v) is 3.29. The Morgan fingerprint density at radius 3 is 2.65 bits per heavy atom. The number of ether oxygens (including phenoxy) is 1. The van der Waals surface area contributed by atoms with Crippen molar-refractivity contribution in [3.63, 3.8) is 0 Å². The molecule has 1 N–H and O–H groups in total. The Morgan fingerprint density at radius 1 is 1.23 bits per heavy atom. The molecule has 31 heavy (non-hydrogen) atoms. The number of halogens is 1. The van der Waals surface area contributed by atoms with Crippen molar-refractivity contribution < 1.29 is 14.1 Å². The number of nitrogens with one attached hydrogen (secondary N) is 1. The van der Waals surface area contributed by atoms with E-state index in [1.807, 2.05) is 31.2 Å². The maximum absolute atomic E-state index is 12.7. The van der Waals surface area contributed by atoms with E-state index in [4.69, 9.17) is 20.9 Å². The highest BCUT2D eigenvalue weighted by Gasteiger charge is 2.16. The lowest BCUT2D eigenvalue weighted by Crippen LogP contribution is -2.12. The summed E-state index contributed by atoms with van der Waals surface area (Å²) in [5.74, 6) is 1.40. The van der Waals surface area contributed by atoms with Crippen LogP contribution in [-0.4, -0.2) is 32.9 Å². The van der Waals surface area contributed by atoms with Crippen molar-refractivity contribution in [2.75, 3.05) is 12.4 Å². The van der Waals surface area contributed by atoms with Crippen LogP contribution in [-0.2, 0) is 6.42 Å². The molecule has 0 radical (unpaired) electrons. The lowest BCUT2D eigenvalue weighted by atomic mass is 10.2. The van der Waals surface area contributed by atoms with Crippen LogP contribution < -0.4 is 10.1 Å². The molecule has 2 aromatic carbocycles. The fourth-order valence-electron chi connectivity index (χ4n) is 3.04. The van der Waals surface area contributed by atoms with E-state index in [0.717, 1.165) is 11.3 Å². The van der Waals surface area contributed by atoms with Crippen molar-refractivity contribution in [2.45, 2.75) is 20.3 Å². The molecule has 0 unspecified atom stereocenters. The zero-order chi connectivity index (χ0) is 22.0. The summed E-state index contributed by atoms with van der Waals surface area (Å²) in [7, 11) is 1.54. The van der Waals surface area contributed by atoms with Crippen molar-refractivity contribution in [3.05, 3.63) is 70.8 Å². The van der Waals surface area contributed by atoms with Crippen LogP contribution in [0, 0.1) is 6.92 Å². The van der Waals surface area contributed by atoms with E-state index >= 15 is 0 Å². The number of benzene rings is 2. The van der Waals surface area contributed by atoms with Gasteiger partial charge in [-0.15, -0.1) is 0 Å². The van der Waals surface area contributed by atoms with Gasteiger partial charge in [0.05, 0.1) is 29.1 Å². The van der Waals surface area contributed by atoms with Gasteiger partial charge in [-0.3, -0.25) is 4.79 Å². The molecule has 1 amide bonds. The first-order valence-corrected chi connectivity index (χ1v) is 10.0. The third-order valence-corrected chi connectivity index (χ3v) is 5.01. The molecule has 0 atom stereocenters. The molecule has 0 aliphatic carbocycles. The van der Waals surface area contributed by atoms with E-state index in [2.05, 4.69) is 20.6 Å². The van der Waals surface area contributed by atoms with E-state index < -0.39 is 0 Å². The van der Waals surface area contributed by atoms with Crippen molar-refractivity contribution in [1.82, 2.24) is 19.9 Å². The van der Waals surface area contributed by atoms with E-state index in [9.17, 15) is 4.79 Å². The van der Waals surface area contributed by atoms with Gasteiger partial charge in [0.15, 0.2) is 0 Å². The predicted molar refractivity (Wildman–Crippen MR) is 117 cm³/mol. The van der Waals surface area contributed by atoms with Gasteiger partial charge in [0, 0.05) is 23.9 Å². The standard InChI is InChI=1S/C22H20ClN5O3/c1-4-20-25-21(27-31-20)14-5-8-16(9-6-14)28-12-17(13(2)26-28)22(29)24-15-7-10-19(30-3)18(23)11-15/h5-12H,4H2,1-3H3,(H,24,29). The molecule has 158 valence electrons. The molecule has 4 rings (SSSR count). The van der Waals surface area contributed by atoms with Crippen molar-refractivity contribution in [1.29, 1.82) is 0 Å². The average Bonchev–Trinajstić information content (AvgIpc) is 3.41. The van der Waals surface area contributed by atoms with Crippen molar-refractivity contribution in [2.24, 2.45) is 0 Å². The molecule has 0 aliphatic rings. The van der Waals surface area contributed by atoms with Crippen LogP contribution in [0.5, 0.6) is 5.75 Å². The Kier molecular flexibility index (Phi) is 5.73. The van der Waals surface area contributed by atoms with Crippen molar-refractivity contribution in [3.8, 4) is 22.8 Å². The summed E-state index contributed by atoms with van der Waals surface area (Å²) in [6.07, 6.45) is 2.37. The molecule has 2 aromatic heterocycles. The SMILES string of the molecule is CCc1nc(-c2ccc(-n3cc(C(=O)Nc4ccc(OC)c(Cl)c4)c(C)n3)cc2)no1. The Hall–Kier alpha value is -3.65. The molecule has 4 aromatic rings. The van der Waals surface area contributed by atoms with E-state index in [-0.39, 0.29) is 5.91 Å². The highest BCUT2D eigenvalue weighted by Crippen LogP contribution is 2.27. The highest BCUT2D eigenvalue weighted by molar-refractivity contribution is 6.32. The quantitative estimate of drug-likeness (QED) is 0.469. The summed E-state index contributed by atoms with van der Waals surface area (Å²) >= 11 is 6.13. The number of aromatic nitrogens is 4. The number of hydrogen-bond donors (Lipinski definition) is 1. The van der Waals surface area contributed by atoms with E-state index in [1.54, 1.807) is 36.0 Å². The number of methoxy groups -OCH3 is 1. The average molecular weight is 438 g/mol. The molecule has 2 heterocycles. The Morgan fingerprint density at radius 2 is 2.00 bits per heavy atom. The van der Waals surface area contributed by atoms with Gasteiger partial charge in [-0.05, 0) is 49.4 Å². The van der Waals surface area contributed by atoms with Crippen LogP contribution in [0.15, 0.2) is 53.2 Å². The minimum Gasteiger partial charge on any atom is -0.495 e. The molecular weight excluding hydrogens is 418 g/mol. The monoisotopic (exact) mass is 437 g/mol. The summed E-state index contributed by atoms with van der Waals surface area (Å²) in [4.78, 5) is 17.1. The van der Waals surface area contributed by atoms with E-state index in [1.165, 1.54) is 7.11 Å². The van der Waals surface area contributed by atoms with Gasteiger partial charge in [0.25, 0.3) is 5.91 Å². The van der Waals surface area contributed by atoms with Crippen LogP contribution >= 0.6 is 11.6 Å². The number of anilines is 1. The largest absolute Gasteiger partial charge is 0.495 e. The van der Waals surface area contributed by atoms with Crippen molar-refractivity contribution >= 4 is 23.2 Å². The Labute approximate surface area is 183 Å². The van der Waals surface area contributed by atoms with Crippen LogP contribution in [0.1, 0.15) is 28.9 Å². The summed E-state index contributed by atoms with van der Waals surface area (Å²) in [6, 6.07) is 12.6. The molecule has 0 fully saturated rings. The Balaban J connectivity index is 1.53. The molecule has 0 saturated heterocycles. The molecule has 0 saturated carbocycles. The predicted octanol–water partition coefficient (Wildman–Crippen LogP) is 4.71. The molecule has 9 heteroatoms. The number of amides is 1. The van der Waals surface area contributed by atoms with Gasteiger partial charge in [0.2, 0.25) is 11.7 Å². The van der Waals surface area contributed by atoms with Gasteiger partial charge in [0.1, 0.15) is 5.75 Å². The lowest BCUT2D eigenvalue weighted by Gasteiger charge is -2.07. The zero-order valence-electron chi connectivity index (χ0n) is 17.2. The fraction of sp³-hybridized carbons (Fsp3) is 0.182. The summed E-state index contributed by atoms with van der Waals surface area (Å²) in [5, 5.41) is 11.7. The number of hydrogen-bond acceptors (Lipinski definition) is 6. The van der Waals surface area contributed by atoms with Gasteiger partial charge in [-0.2, -0.15) is 10.1 Å². The second-order valence-electron chi connectivity index (χ2n) is 6.79. The highest BCUT2D eigenvalue weighted by atomic mass is 35.5. The number of carbonyl (C=O) groups excluding carboxylic acids is 1. The van der Waals surface area contributed by atoms with Gasteiger partial charge < -0.3 is 14.6 Å². The van der Waals surface area contributed by atoms with Crippen LogP contribution in [0.25, 0.3) is 17.1 Å². The third kappa shape index (κ3) is 4.29. The van der Waals surface area contributed by atoms with Crippen LogP contribution in [0.3, 0.4) is 0 Å². The maximum atomic E-state index is 12.7. The molecular formula is C22H20ClN5O3. The third-order valence-electron chi connectivity index (χ3n) is 4.71. The molecule has 8 nitrogen and oxygen atoms in total. The maximum Gasteiger partial charge on any atom is 0.259 e.